The number of hydrogen-bond donors (Lipinski definition) is 1. The highest BCUT2D eigenvalue weighted by molar-refractivity contribution is 5.47. The van der Waals surface area contributed by atoms with Crippen LogP contribution in [-0.2, 0) is 0 Å². The molecule has 2 atom stereocenters. The summed E-state index contributed by atoms with van der Waals surface area (Å²) < 4.78 is 19.7. The molecule has 2 N–H and O–H groups in total. The first-order chi connectivity index (χ1) is 10.0. The van der Waals surface area contributed by atoms with Crippen LogP contribution >= 0.6 is 0 Å². The SMILES string of the molecule is NC1CC(Oc2c(F)cccc2[N+](=O)[O-])C12CCCCC2. The Balaban J connectivity index is 1.86. The zero-order chi connectivity index (χ0) is 15.0. The second-order valence-corrected chi connectivity index (χ2v) is 6.09. The third kappa shape index (κ3) is 2.27. The third-order valence-electron chi connectivity index (χ3n) is 5.04. The molecule has 0 amide bonds. The van der Waals surface area contributed by atoms with Crippen LogP contribution in [0.1, 0.15) is 38.5 Å². The van der Waals surface area contributed by atoms with Gasteiger partial charge >= 0.3 is 5.69 Å². The Morgan fingerprint density at radius 2 is 2.05 bits per heavy atom. The lowest BCUT2D eigenvalue weighted by molar-refractivity contribution is -0.386. The van der Waals surface area contributed by atoms with Crippen molar-refractivity contribution >= 4 is 5.69 Å². The van der Waals surface area contributed by atoms with Gasteiger partial charge in [0.25, 0.3) is 0 Å². The molecule has 114 valence electrons. The summed E-state index contributed by atoms with van der Waals surface area (Å²) in [6.45, 7) is 0. The summed E-state index contributed by atoms with van der Waals surface area (Å²) in [6.07, 6.45) is 5.69. The van der Waals surface area contributed by atoms with Crippen LogP contribution in [0.5, 0.6) is 5.75 Å². The number of halogens is 1. The molecule has 0 aromatic heterocycles. The number of nitrogens with two attached hydrogens (primary N) is 1. The van der Waals surface area contributed by atoms with E-state index >= 15 is 0 Å². The molecule has 2 unspecified atom stereocenters. The van der Waals surface area contributed by atoms with Crippen molar-refractivity contribution < 1.29 is 14.1 Å². The molecule has 2 aliphatic carbocycles. The van der Waals surface area contributed by atoms with Crippen LogP contribution in [0.25, 0.3) is 0 Å². The van der Waals surface area contributed by atoms with Gasteiger partial charge in [-0.05, 0) is 18.9 Å². The van der Waals surface area contributed by atoms with Gasteiger partial charge in [-0.1, -0.05) is 25.3 Å². The number of hydrogen-bond acceptors (Lipinski definition) is 4. The minimum absolute atomic E-state index is 0.0497. The zero-order valence-corrected chi connectivity index (χ0v) is 11.8. The highest BCUT2D eigenvalue weighted by Crippen LogP contribution is 2.53. The van der Waals surface area contributed by atoms with E-state index in [-0.39, 0.29) is 29.0 Å². The smallest absolute Gasteiger partial charge is 0.314 e. The van der Waals surface area contributed by atoms with E-state index < -0.39 is 10.7 Å². The number of nitro groups is 1. The topological polar surface area (TPSA) is 78.4 Å². The number of benzene rings is 1. The molecule has 0 heterocycles. The fourth-order valence-corrected chi connectivity index (χ4v) is 3.75. The molecule has 0 saturated heterocycles. The summed E-state index contributed by atoms with van der Waals surface area (Å²) in [5, 5.41) is 11.0. The van der Waals surface area contributed by atoms with Crippen molar-refractivity contribution in [1.29, 1.82) is 0 Å². The molecule has 2 saturated carbocycles. The number of rotatable bonds is 3. The van der Waals surface area contributed by atoms with E-state index in [1.54, 1.807) is 0 Å². The van der Waals surface area contributed by atoms with Gasteiger partial charge in [-0.2, -0.15) is 0 Å². The minimum Gasteiger partial charge on any atom is -0.481 e. The second kappa shape index (κ2) is 5.26. The Bertz CT molecular complexity index is 558. The van der Waals surface area contributed by atoms with Gasteiger partial charge in [0.15, 0.2) is 5.82 Å². The van der Waals surface area contributed by atoms with Crippen molar-refractivity contribution in [2.45, 2.75) is 50.7 Å². The average molecular weight is 294 g/mol. The molecule has 2 fully saturated rings. The summed E-state index contributed by atoms with van der Waals surface area (Å²) >= 11 is 0. The van der Waals surface area contributed by atoms with Crippen LogP contribution in [0.15, 0.2) is 18.2 Å². The molecule has 1 aromatic rings. The Hall–Kier alpha value is -1.69. The van der Waals surface area contributed by atoms with Gasteiger partial charge in [-0.15, -0.1) is 0 Å². The molecule has 5 nitrogen and oxygen atoms in total. The molecule has 1 spiro atoms. The number of ether oxygens (including phenoxy) is 1. The Morgan fingerprint density at radius 1 is 1.33 bits per heavy atom. The van der Waals surface area contributed by atoms with Crippen LogP contribution in [-0.4, -0.2) is 17.1 Å². The van der Waals surface area contributed by atoms with Crippen molar-refractivity contribution in [2.24, 2.45) is 11.1 Å². The van der Waals surface area contributed by atoms with Gasteiger partial charge < -0.3 is 10.5 Å². The lowest BCUT2D eigenvalue weighted by atomic mass is 9.55. The first-order valence-corrected chi connectivity index (χ1v) is 7.40. The predicted octanol–water partition coefficient (Wildman–Crippen LogP) is 3.16. The maximum absolute atomic E-state index is 13.9. The van der Waals surface area contributed by atoms with Crippen molar-refractivity contribution in [3.63, 3.8) is 0 Å². The molecule has 2 aliphatic rings. The molecule has 0 radical (unpaired) electrons. The molecular weight excluding hydrogens is 275 g/mol. The maximum atomic E-state index is 13.9. The summed E-state index contributed by atoms with van der Waals surface area (Å²) in [7, 11) is 0. The van der Waals surface area contributed by atoms with E-state index in [1.807, 2.05) is 0 Å². The largest absolute Gasteiger partial charge is 0.481 e. The fourth-order valence-electron chi connectivity index (χ4n) is 3.75. The first-order valence-electron chi connectivity index (χ1n) is 7.40. The Morgan fingerprint density at radius 3 is 2.67 bits per heavy atom. The predicted molar refractivity (Wildman–Crippen MR) is 75.6 cm³/mol. The lowest BCUT2D eigenvalue weighted by Gasteiger charge is -2.55. The highest BCUT2D eigenvalue weighted by Gasteiger charge is 2.55. The Kier molecular flexibility index (Phi) is 3.57. The first kappa shape index (κ1) is 14.3. The summed E-state index contributed by atoms with van der Waals surface area (Å²) in [5.41, 5.74) is 5.71. The van der Waals surface area contributed by atoms with Crippen molar-refractivity contribution in [3.8, 4) is 5.75 Å². The van der Waals surface area contributed by atoms with Crippen LogP contribution in [0, 0.1) is 21.3 Å². The highest BCUT2D eigenvalue weighted by atomic mass is 19.1. The normalized spacial score (nSPS) is 27.1. The minimum atomic E-state index is -0.685. The van der Waals surface area contributed by atoms with Gasteiger partial charge in [-0.3, -0.25) is 10.1 Å². The average Bonchev–Trinajstić information content (AvgIpc) is 2.49. The van der Waals surface area contributed by atoms with E-state index in [4.69, 9.17) is 10.5 Å². The van der Waals surface area contributed by atoms with Crippen molar-refractivity contribution in [3.05, 3.63) is 34.1 Å². The van der Waals surface area contributed by atoms with Crippen LogP contribution < -0.4 is 10.5 Å². The second-order valence-electron chi connectivity index (χ2n) is 6.09. The molecule has 0 bridgehead atoms. The van der Waals surface area contributed by atoms with Gasteiger partial charge in [0.2, 0.25) is 5.75 Å². The van der Waals surface area contributed by atoms with E-state index in [1.165, 1.54) is 24.6 Å². The van der Waals surface area contributed by atoms with Gasteiger partial charge in [0.1, 0.15) is 6.10 Å². The fraction of sp³-hybridized carbons (Fsp3) is 0.600. The van der Waals surface area contributed by atoms with Crippen LogP contribution in [0.3, 0.4) is 0 Å². The van der Waals surface area contributed by atoms with Gasteiger partial charge in [0, 0.05) is 23.9 Å². The van der Waals surface area contributed by atoms with Gasteiger partial charge in [-0.25, -0.2) is 4.39 Å². The maximum Gasteiger partial charge on any atom is 0.314 e. The van der Waals surface area contributed by atoms with Gasteiger partial charge in [0.05, 0.1) is 4.92 Å². The zero-order valence-electron chi connectivity index (χ0n) is 11.8. The van der Waals surface area contributed by atoms with Crippen molar-refractivity contribution in [2.75, 3.05) is 0 Å². The molecule has 3 rings (SSSR count). The third-order valence-corrected chi connectivity index (χ3v) is 5.04. The van der Waals surface area contributed by atoms with Crippen LogP contribution in [0.2, 0.25) is 0 Å². The monoisotopic (exact) mass is 294 g/mol. The van der Waals surface area contributed by atoms with Crippen molar-refractivity contribution in [1.82, 2.24) is 0 Å². The van der Waals surface area contributed by atoms with E-state index in [0.717, 1.165) is 25.7 Å². The number of nitro benzene ring substituents is 1. The Labute approximate surface area is 122 Å². The molecule has 1 aromatic carbocycles. The van der Waals surface area contributed by atoms with Crippen LogP contribution in [0.4, 0.5) is 10.1 Å². The number of para-hydroxylation sites is 1. The summed E-state index contributed by atoms with van der Waals surface area (Å²) in [4.78, 5) is 10.4. The summed E-state index contributed by atoms with van der Waals surface area (Å²) in [6, 6.07) is 3.83. The van der Waals surface area contributed by atoms with E-state index in [0.29, 0.717) is 6.42 Å². The molecular formula is C15H19FN2O3. The standard InChI is InChI=1S/C15H19FN2O3/c16-10-5-4-6-11(18(19)20)14(10)21-13-9-12(17)15(13)7-2-1-3-8-15/h4-6,12-13H,1-3,7-9,17H2. The summed E-state index contributed by atoms with van der Waals surface area (Å²) in [5.74, 6) is -0.931. The lowest BCUT2D eigenvalue weighted by Crippen LogP contribution is -2.64. The number of nitrogens with zero attached hydrogens (tertiary/aromatic N) is 1. The molecule has 0 aliphatic heterocycles. The van der Waals surface area contributed by atoms with E-state index in [2.05, 4.69) is 0 Å². The molecule has 6 heteroatoms. The van der Waals surface area contributed by atoms with E-state index in [9.17, 15) is 14.5 Å². The quantitative estimate of drug-likeness (QED) is 0.686. The molecule has 21 heavy (non-hydrogen) atoms.